The fourth-order valence-electron chi connectivity index (χ4n) is 8.62. The normalized spacial score (nSPS) is 19.0. The van der Waals surface area contributed by atoms with Crippen LogP contribution in [0.25, 0.3) is 0 Å². The van der Waals surface area contributed by atoms with E-state index < -0.39 is 35.8 Å². The molecule has 5 atom stereocenters. The maximum Gasteiger partial charge on any atom is 0.265 e. The number of hydrogen-bond acceptors (Lipinski definition) is 9. The molecule has 0 radical (unpaired) electrons. The van der Waals surface area contributed by atoms with Gasteiger partial charge in [-0.2, -0.15) is 0 Å². The number of carbonyl (C=O) groups is 5. The molecular weight excluding hydrogens is 795 g/mol. The number of piperazine rings is 1. The van der Waals surface area contributed by atoms with E-state index in [1.165, 1.54) is 41.1 Å². The zero-order chi connectivity index (χ0) is 45.8. The SMILES string of the molecule is CC(=N)C(=O)NC(C)C(=O)N1CCCC1C(=O)NC(C(=O)NCCCCCC(=O)N1CCN(c2ccc(C(C3=CCC(N(C)C)C=C3)c3ccc(N(C)C)cc3)cc2)CC1)C(C)C. The number of likely N-dealkylation sites (tertiary alicyclic amines) is 1. The molecule has 342 valence electrons. The number of anilines is 2. The Hall–Kier alpha value is -5.50. The van der Waals surface area contributed by atoms with Gasteiger partial charge in [0.05, 0.1) is 5.71 Å². The molecule has 2 fully saturated rings. The van der Waals surface area contributed by atoms with Gasteiger partial charge in [-0.25, -0.2) is 0 Å². The van der Waals surface area contributed by atoms with Crippen molar-refractivity contribution in [2.75, 3.05) is 77.3 Å². The highest BCUT2D eigenvalue weighted by molar-refractivity contribution is 6.36. The monoisotopic (exact) mass is 866 g/mol. The molecule has 14 heteroatoms. The number of rotatable bonds is 19. The molecule has 0 spiro atoms. The first-order chi connectivity index (χ1) is 30.0. The van der Waals surface area contributed by atoms with Crippen LogP contribution in [0.15, 0.2) is 72.3 Å². The van der Waals surface area contributed by atoms with Gasteiger partial charge in [0.15, 0.2) is 0 Å². The minimum Gasteiger partial charge on any atom is -0.378 e. The summed E-state index contributed by atoms with van der Waals surface area (Å²) in [7, 11) is 8.37. The Balaban J connectivity index is 1.04. The van der Waals surface area contributed by atoms with Crippen molar-refractivity contribution < 1.29 is 24.0 Å². The van der Waals surface area contributed by atoms with Crippen molar-refractivity contribution in [2.45, 2.75) is 103 Å². The molecule has 5 rings (SSSR count). The van der Waals surface area contributed by atoms with Crippen molar-refractivity contribution in [3.05, 3.63) is 83.5 Å². The summed E-state index contributed by atoms with van der Waals surface area (Å²) < 4.78 is 0. The van der Waals surface area contributed by atoms with Crippen LogP contribution in [0.3, 0.4) is 0 Å². The van der Waals surface area contributed by atoms with E-state index in [0.717, 1.165) is 38.0 Å². The molecule has 4 N–H and O–H groups in total. The van der Waals surface area contributed by atoms with Crippen LogP contribution in [0, 0.1) is 11.3 Å². The highest BCUT2D eigenvalue weighted by atomic mass is 16.2. The van der Waals surface area contributed by atoms with Crippen molar-refractivity contribution >= 4 is 46.6 Å². The van der Waals surface area contributed by atoms with Crippen molar-refractivity contribution in [2.24, 2.45) is 5.92 Å². The van der Waals surface area contributed by atoms with Gasteiger partial charge in [-0.3, -0.25) is 29.4 Å². The summed E-state index contributed by atoms with van der Waals surface area (Å²) in [6.45, 7) is 10.3. The van der Waals surface area contributed by atoms with Gasteiger partial charge >= 0.3 is 0 Å². The molecule has 1 aliphatic carbocycles. The maximum atomic E-state index is 13.4. The molecule has 5 unspecified atom stereocenters. The average molecular weight is 866 g/mol. The summed E-state index contributed by atoms with van der Waals surface area (Å²) in [6, 6.07) is 15.8. The molecule has 2 saturated heterocycles. The summed E-state index contributed by atoms with van der Waals surface area (Å²) in [4.78, 5) is 74.9. The van der Waals surface area contributed by atoms with Gasteiger partial charge in [-0.15, -0.1) is 0 Å². The predicted octanol–water partition coefficient (Wildman–Crippen LogP) is 4.70. The number of likely N-dealkylation sites (N-methyl/N-ethyl adjacent to an activating group) is 1. The topological polar surface area (TPSA) is 161 Å². The molecule has 2 aliphatic heterocycles. The second kappa shape index (κ2) is 22.7. The summed E-state index contributed by atoms with van der Waals surface area (Å²) in [5.41, 5.74) is 5.98. The Bertz CT molecular complexity index is 1970. The minimum atomic E-state index is -0.887. The fraction of sp³-hybridized carbons (Fsp3) is 0.551. The second-order valence-corrected chi connectivity index (χ2v) is 18.1. The lowest BCUT2D eigenvalue weighted by atomic mass is 9.82. The number of nitrogens with zero attached hydrogens (tertiary/aromatic N) is 5. The van der Waals surface area contributed by atoms with Crippen LogP contribution in [0.1, 0.15) is 89.7 Å². The van der Waals surface area contributed by atoms with E-state index in [4.69, 9.17) is 5.41 Å². The number of benzene rings is 2. The van der Waals surface area contributed by atoms with Crippen LogP contribution in [0.4, 0.5) is 11.4 Å². The summed E-state index contributed by atoms with van der Waals surface area (Å²) in [6.07, 6.45) is 11.7. The summed E-state index contributed by atoms with van der Waals surface area (Å²) in [5.74, 6) is -1.61. The first-order valence-corrected chi connectivity index (χ1v) is 22.7. The van der Waals surface area contributed by atoms with E-state index in [2.05, 4.69) is 126 Å². The largest absolute Gasteiger partial charge is 0.378 e. The van der Waals surface area contributed by atoms with E-state index in [9.17, 15) is 24.0 Å². The van der Waals surface area contributed by atoms with Crippen LogP contribution < -0.4 is 25.8 Å². The number of hydrogen-bond donors (Lipinski definition) is 4. The molecule has 2 aromatic rings. The molecule has 3 aliphatic rings. The lowest BCUT2D eigenvalue weighted by Crippen LogP contribution is -2.57. The quantitative estimate of drug-likeness (QED) is 0.117. The van der Waals surface area contributed by atoms with Gasteiger partial charge in [0.2, 0.25) is 23.6 Å². The Morgan fingerprint density at radius 2 is 1.48 bits per heavy atom. The zero-order valence-corrected chi connectivity index (χ0v) is 38.8. The highest BCUT2D eigenvalue weighted by Gasteiger charge is 2.38. The standard InChI is InChI=1S/C49H71N9O5/c1-33(2)45(53-47(61)42-13-12-28-58(42)49(63)35(4)52-46(60)34(3)50)48(62)51-27-11-9-10-14-43(59)57-31-29-56(30-32-57)41-25-19-38(20-26-41)44(36-15-21-39(22-16-36)54(5)6)37-17-23-40(24-18-37)55(7)8/h15-23,25-26,33,35,40,42,44-45,50H,9-14,24,27-32H2,1-8H3,(H,51,62)(H,52,60)(H,53,61). The first kappa shape index (κ1) is 48.5. The van der Waals surface area contributed by atoms with Crippen LogP contribution in [-0.2, 0) is 24.0 Å². The smallest absolute Gasteiger partial charge is 0.265 e. The maximum absolute atomic E-state index is 13.4. The molecular formula is C49H71N9O5. The Kier molecular flexibility index (Phi) is 17.5. The van der Waals surface area contributed by atoms with Gasteiger partial charge < -0.3 is 40.4 Å². The molecule has 0 bridgehead atoms. The fourth-order valence-corrected chi connectivity index (χ4v) is 8.62. The Morgan fingerprint density at radius 3 is 2.05 bits per heavy atom. The molecule has 0 aromatic heterocycles. The lowest BCUT2D eigenvalue weighted by molar-refractivity contribution is -0.141. The lowest BCUT2D eigenvalue weighted by Gasteiger charge is -2.36. The second-order valence-electron chi connectivity index (χ2n) is 18.1. The van der Waals surface area contributed by atoms with E-state index in [-0.39, 0.29) is 29.4 Å². The molecule has 2 heterocycles. The van der Waals surface area contributed by atoms with Crippen LogP contribution in [-0.4, -0.2) is 142 Å². The predicted molar refractivity (Wildman–Crippen MR) is 251 cm³/mol. The zero-order valence-electron chi connectivity index (χ0n) is 38.8. The summed E-state index contributed by atoms with van der Waals surface area (Å²) in [5, 5.41) is 15.8. The van der Waals surface area contributed by atoms with E-state index in [1.807, 2.05) is 18.7 Å². The van der Waals surface area contributed by atoms with Gasteiger partial charge in [0.25, 0.3) is 5.91 Å². The number of amides is 5. The molecule has 5 amide bonds. The number of allylic oxidation sites excluding steroid dienone is 2. The minimum absolute atomic E-state index is 0.135. The molecule has 2 aromatic carbocycles. The number of unbranched alkanes of at least 4 members (excludes halogenated alkanes) is 2. The van der Waals surface area contributed by atoms with Crippen molar-refractivity contribution in [1.82, 2.24) is 30.7 Å². The van der Waals surface area contributed by atoms with Crippen molar-refractivity contribution in [1.29, 1.82) is 5.41 Å². The van der Waals surface area contributed by atoms with Crippen LogP contribution in [0.2, 0.25) is 0 Å². The van der Waals surface area contributed by atoms with E-state index in [1.54, 1.807) is 0 Å². The van der Waals surface area contributed by atoms with Crippen molar-refractivity contribution in [3.8, 4) is 0 Å². The van der Waals surface area contributed by atoms with Crippen LogP contribution in [0.5, 0.6) is 0 Å². The summed E-state index contributed by atoms with van der Waals surface area (Å²) >= 11 is 0. The Morgan fingerprint density at radius 1 is 0.825 bits per heavy atom. The van der Waals surface area contributed by atoms with Crippen LogP contribution >= 0.6 is 0 Å². The molecule has 63 heavy (non-hydrogen) atoms. The molecule has 0 saturated carbocycles. The first-order valence-electron chi connectivity index (χ1n) is 22.7. The average Bonchev–Trinajstić information content (AvgIpc) is 3.77. The van der Waals surface area contributed by atoms with Crippen molar-refractivity contribution in [3.63, 3.8) is 0 Å². The third-order valence-electron chi connectivity index (χ3n) is 12.6. The third kappa shape index (κ3) is 13.0. The van der Waals surface area contributed by atoms with Gasteiger partial charge in [-0.1, -0.05) is 62.8 Å². The molecule has 14 nitrogen and oxygen atoms in total. The van der Waals surface area contributed by atoms with Gasteiger partial charge in [-0.05, 0) is 107 Å². The Labute approximate surface area is 375 Å². The van der Waals surface area contributed by atoms with E-state index in [0.29, 0.717) is 57.9 Å². The third-order valence-corrected chi connectivity index (χ3v) is 12.6. The highest BCUT2D eigenvalue weighted by Crippen LogP contribution is 2.37. The van der Waals surface area contributed by atoms with Gasteiger partial charge in [0, 0.05) is 83.1 Å². The van der Waals surface area contributed by atoms with E-state index >= 15 is 0 Å². The number of nitrogens with one attached hydrogen (secondary N) is 4. The van der Waals surface area contributed by atoms with Gasteiger partial charge in [0.1, 0.15) is 18.1 Å². The number of carbonyl (C=O) groups excluding carboxylic acids is 5.